The highest BCUT2D eigenvalue weighted by atomic mass is 32.2. The van der Waals surface area contributed by atoms with Crippen molar-refractivity contribution in [3.8, 4) is 0 Å². The second-order valence-electron chi connectivity index (χ2n) is 6.35. The lowest BCUT2D eigenvalue weighted by Gasteiger charge is -2.34. The number of likely N-dealkylation sites (tertiary alicyclic amines) is 1. The summed E-state index contributed by atoms with van der Waals surface area (Å²) in [5.41, 5.74) is 6.19. The van der Waals surface area contributed by atoms with Crippen molar-refractivity contribution >= 4 is 46.6 Å². The van der Waals surface area contributed by atoms with E-state index in [0.29, 0.717) is 30.3 Å². The number of halogens is 1. The molecule has 134 valence electrons. The van der Waals surface area contributed by atoms with Crippen LogP contribution in [0.3, 0.4) is 0 Å². The van der Waals surface area contributed by atoms with Crippen LogP contribution >= 0.6 is 12.3 Å². The molecule has 1 fully saturated rings. The zero-order valence-electron chi connectivity index (χ0n) is 13.9. The molecule has 0 saturated carbocycles. The van der Waals surface area contributed by atoms with Crippen molar-refractivity contribution in [1.82, 2.24) is 19.1 Å². The summed E-state index contributed by atoms with van der Waals surface area (Å²) < 4.78 is 14.0. The molecule has 3 N–H and O–H groups in total. The van der Waals surface area contributed by atoms with E-state index in [2.05, 4.69) is 29.2 Å². The third kappa shape index (κ3) is 3.26. The van der Waals surface area contributed by atoms with Crippen LogP contribution in [-0.4, -0.2) is 44.0 Å². The Balaban J connectivity index is 1.81. The maximum atomic E-state index is 13.0. The molecular formula is C15H19FN6O2S. The van der Waals surface area contributed by atoms with Crippen molar-refractivity contribution in [2.45, 2.75) is 20.3 Å². The second kappa shape index (κ2) is 6.87. The van der Waals surface area contributed by atoms with E-state index < -0.39 is 11.8 Å². The number of nitrogens with one attached hydrogen (secondary N) is 1. The van der Waals surface area contributed by atoms with E-state index in [1.807, 2.05) is 0 Å². The van der Waals surface area contributed by atoms with Gasteiger partial charge in [-0.15, -0.1) is 3.89 Å². The minimum Gasteiger partial charge on any atom is -0.383 e. The molecule has 1 saturated heterocycles. The summed E-state index contributed by atoms with van der Waals surface area (Å²) in [7, 11) is 0. The standard InChI is InChI=1S/C15H19FN6O2S/c1-8-3-4-21(7-9(8)2)15(24)14(23)20-11-6-18-13(17)10-5-19-22(25-16)12(10)11/h5-6,8-9H,3-4,7H2,1-2H3,(H2,17,18)(H,20,23). The third-order valence-electron chi connectivity index (χ3n) is 4.73. The van der Waals surface area contributed by atoms with Crippen LogP contribution in [0.15, 0.2) is 12.4 Å². The van der Waals surface area contributed by atoms with Gasteiger partial charge in [-0.3, -0.25) is 9.59 Å². The Bertz CT molecular complexity index is 826. The van der Waals surface area contributed by atoms with Crippen molar-refractivity contribution < 1.29 is 13.5 Å². The number of carbonyl (C=O) groups is 2. The summed E-state index contributed by atoms with van der Waals surface area (Å²) in [5.74, 6) is -0.379. The van der Waals surface area contributed by atoms with E-state index in [4.69, 9.17) is 5.73 Å². The Labute approximate surface area is 148 Å². The van der Waals surface area contributed by atoms with E-state index >= 15 is 0 Å². The molecule has 3 rings (SSSR count). The van der Waals surface area contributed by atoms with Crippen molar-refractivity contribution in [3.05, 3.63) is 12.4 Å². The molecule has 0 bridgehead atoms. The first-order valence-electron chi connectivity index (χ1n) is 7.94. The Morgan fingerprint density at radius 1 is 1.36 bits per heavy atom. The van der Waals surface area contributed by atoms with Gasteiger partial charge < -0.3 is 16.0 Å². The number of carbonyl (C=O) groups excluding carboxylic acids is 2. The number of nitrogens with zero attached hydrogens (tertiary/aromatic N) is 4. The maximum absolute atomic E-state index is 13.0. The summed E-state index contributed by atoms with van der Waals surface area (Å²) in [5, 5.41) is 6.74. The maximum Gasteiger partial charge on any atom is 0.314 e. The van der Waals surface area contributed by atoms with Crippen LogP contribution in [0.5, 0.6) is 0 Å². The van der Waals surface area contributed by atoms with Gasteiger partial charge in [-0.2, -0.15) is 9.19 Å². The first kappa shape index (κ1) is 17.5. The SMILES string of the molecule is CC1CCN(C(=O)C(=O)Nc2cnc(N)c3cnn(SF)c23)CC1C. The lowest BCUT2D eigenvalue weighted by atomic mass is 9.88. The van der Waals surface area contributed by atoms with E-state index in [9.17, 15) is 13.5 Å². The van der Waals surface area contributed by atoms with E-state index in [1.54, 1.807) is 4.90 Å². The van der Waals surface area contributed by atoms with E-state index in [0.717, 1.165) is 10.5 Å². The van der Waals surface area contributed by atoms with Crippen molar-refractivity contribution in [1.29, 1.82) is 0 Å². The van der Waals surface area contributed by atoms with E-state index in [1.165, 1.54) is 12.4 Å². The molecule has 2 atom stereocenters. The molecular weight excluding hydrogens is 347 g/mol. The number of nitrogen functional groups attached to an aromatic ring is 1. The average Bonchev–Trinajstić information content (AvgIpc) is 3.04. The van der Waals surface area contributed by atoms with Gasteiger partial charge in [0.15, 0.2) is 12.3 Å². The predicted octanol–water partition coefficient (Wildman–Crippen LogP) is 1.84. The van der Waals surface area contributed by atoms with Crippen LogP contribution in [0, 0.1) is 11.8 Å². The molecule has 2 amide bonds. The Kier molecular flexibility index (Phi) is 4.80. The highest BCUT2D eigenvalue weighted by Crippen LogP contribution is 2.29. The fraction of sp³-hybridized carbons (Fsp3) is 0.467. The van der Waals surface area contributed by atoms with Gasteiger partial charge in [-0.25, -0.2) is 4.98 Å². The van der Waals surface area contributed by atoms with Gasteiger partial charge in [0.25, 0.3) is 0 Å². The van der Waals surface area contributed by atoms with Crippen LogP contribution in [-0.2, 0) is 9.59 Å². The van der Waals surface area contributed by atoms with Crippen molar-refractivity contribution in [3.63, 3.8) is 0 Å². The van der Waals surface area contributed by atoms with Crippen LogP contribution in [0.2, 0.25) is 0 Å². The van der Waals surface area contributed by atoms with Gasteiger partial charge in [-0.1, -0.05) is 13.8 Å². The van der Waals surface area contributed by atoms with Crippen LogP contribution in [0.4, 0.5) is 15.4 Å². The van der Waals surface area contributed by atoms with Gasteiger partial charge in [0.05, 0.1) is 23.5 Å². The Morgan fingerprint density at radius 3 is 2.80 bits per heavy atom. The largest absolute Gasteiger partial charge is 0.383 e. The number of piperidine rings is 1. The zero-order chi connectivity index (χ0) is 18.1. The van der Waals surface area contributed by atoms with Crippen LogP contribution in [0.25, 0.3) is 10.9 Å². The molecule has 2 aromatic rings. The number of pyridine rings is 1. The number of nitrogens with two attached hydrogens (primary N) is 1. The molecule has 10 heteroatoms. The number of hydrogen-bond donors (Lipinski definition) is 2. The number of anilines is 2. The second-order valence-corrected chi connectivity index (χ2v) is 6.84. The fourth-order valence-corrected chi connectivity index (χ4v) is 3.29. The quantitative estimate of drug-likeness (QED) is 0.786. The minimum atomic E-state index is -0.786. The number of fused-ring (bicyclic) bond motifs is 1. The van der Waals surface area contributed by atoms with Gasteiger partial charge in [-0.05, 0) is 18.3 Å². The van der Waals surface area contributed by atoms with Gasteiger partial charge in [0, 0.05) is 13.1 Å². The molecule has 1 aliphatic rings. The first-order chi connectivity index (χ1) is 11.9. The molecule has 0 radical (unpaired) electrons. The minimum absolute atomic E-state index is 0.133. The lowest BCUT2D eigenvalue weighted by Crippen LogP contribution is -2.46. The molecule has 8 nitrogen and oxygen atoms in total. The highest BCUT2D eigenvalue weighted by molar-refractivity contribution is 7.92. The number of hydrogen-bond acceptors (Lipinski definition) is 6. The zero-order valence-corrected chi connectivity index (χ0v) is 14.7. The predicted molar refractivity (Wildman–Crippen MR) is 94.2 cm³/mol. The monoisotopic (exact) mass is 366 g/mol. The third-order valence-corrected chi connectivity index (χ3v) is 5.14. The summed E-state index contributed by atoms with van der Waals surface area (Å²) in [4.78, 5) is 30.3. The fourth-order valence-electron chi connectivity index (χ4n) is 2.94. The molecule has 3 heterocycles. The number of rotatable bonds is 2. The summed E-state index contributed by atoms with van der Waals surface area (Å²) >= 11 is -0.133. The van der Waals surface area contributed by atoms with E-state index in [-0.39, 0.29) is 29.4 Å². The Hall–Kier alpha value is -2.36. The Morgan fingerprint density at radius 2 is 2.12 bits per heavy atom. The van der Waals surface area contributed by atoms with Gasteiger partial charge in [0.1, 0.15) is 11.3 Å². The smallest absolute Gasteiger partial charge is 0.314 e. The van der Waals surface area contributed by atoms with Gasteiger partial charge >= 0.3 is 11.8 Å². The number of aromatic nitrogens is 3. The normalized spacial score (nSPS) is 20.7. The number of amides is 2. The molecule has 1 aliphatic heterocycles. The summed E-state index contributed by atoms with van der Waals surface area (Å²) in [6, 6.07) is 0. The van der Waals surface area contributed by atoms with Crippen LogP contribution < -0.4 is 11.1 Å². The molecule has 2 unspecified atom stereocenters. The lowest BCUT2D eigenvalue weighted by molar-refractivity contribution is -0.144. The first-order valence-corrected chi connectivity index (χ1v) is 8.61. The van der Waals surface area contributed by atoms with Crippen molar-refractivity contribution in [2.24, 2.45) is 11.8 Å². The van der Waals surface area contributed by atoms with Gasteiger partial charge in [0.2, 0.25) is 0 Å². The summed E-state index contributed by atoms with van der Waals surface area (Å²) in [6.07, 6.45) is 3.51. The molecule has 0 spiro atoms. The molecule has 25 heavy (non-hydrogen) atoms. The topological polar surface area (TPSA) is 106 Å². The molecule has 0 aromatic carbocycles. The van der Waals surface area contributed by atoms with Crippen molar-refractivity contribution in [2.75, 3.05) is 24.1 Å². The average molecular weight is 366 g/mol. The molecule has 2 aromatic heterocycles. The summed E-state index contributed by atoms with van der Waals surface area (Å²) in [6.45, 7) is 5.29. The highest BCUT2D eigenvalue weighted by Gasteiger charge is 2.30. The molecule has 0 aliphatic carbocycles. The van der Waals surface area contributed by atoms with Crippen LogP contribution in [0.1, 0.15) is 20.3 Å².